The summed E-state index contributed by atoms with van der Waals surface area (Å²) in [4.78, 5) is 24.5. The van der Waals surface area contributed by atoms with Gasteiger partial charge in [0, 0.05) is 27.8 Å². The highest BCUT2D eigenvalue weighted by Crippen LogP contribution is 2.35. The first-order chi connectivity index (χ1) is 13.8. The molecule has 1 aromatic heterocycles. The Hall–Kier alpha value is -3.80. The third-order valence-electron chi connectivity index (χ3n) is 5.02. The summed E-state index contributed by atoms with van der Waals surface area (Å²) < 4.78 is 10.6. The molecule has 29 heavy (non-hydrogen) atoms. The minimum atomic E-state index is -0.811. The summed E-state index contributed by atoms with van der Waals surface area (Å²) in [6.45, 7) is 3.67. The number of phenols is 2. The van der Waals surface area contributed by atoms with Crippen LogP contribution in [-0.2, 0) is 11.3 Å². The minimum absolute atomic E-state index is 0.137. The molecular formula is C23H18O6. The van der Waals surface area contributed by atoms with Crippen LogP contribution in [0.25, 0.3) is 21.7 Å². The van der Waals surface area contributed by atoms with Crippen molar-refractivity contribution < 1.29 is 24.2 Å². The number of benzene rings is 3. The summed E-state index contributed by atoms with van der Waals surface area (Å²) >= 11 is 0. The molecule has 0 amide bonds. The lowest BCUT2D eigenvalue weighted by Gasteiger charge is -2.11. The monoisotopic (exact) mass is 390 g/mol. The molecule has 2 N–H and O–H groups in total. The van der Waals surface area contributed by atoms with Gasteiger partial charge in [-0.2, -0.15) is 0 Å². The maximum absolute atomic E-state index is 12.6. The third-order valence-corrected chi connectivity index (χ3v) is 5.02. The van der Waals surface area contributed by atoms with Crippen LogP contribution >= 0.6 is 0 Å². The first kappa shape index (κ1) is 18.6. The number of rotatable bonds is 3. The van der Waals surface area contributed by atoms with E-state index in [1.807, 2.05) is 19.9 Å². The van der Waals surface area contributed by atoms with Crippen molar-refractivity contribution in [3.63, 3.8) is 0 Å². The number of hydrogen-bond acceptors (Lipinski definition) is 6. The van der Waals surface area contributed by atoms with Crippen molar-refractivity contribution in [1.29, 1.82) is 0 Å². The first-order valence-electron chi connectivity index (χ1n) is 9.00. The SMILES string of the molecule is Cc1cc2oc(=O)cc(COC(=O)c3cc(O)c4ccccc4c3O)c2cc1C. The molecule has 0 unspecified atom stereocenters. The van der Waals surface area contributed by atoms with Gasteiger partial charge < -0.3 is 19.4 Å². The van der Waals surface area contributed by atoms with Gasteiger partial charge in [-0.15, -0.1) is 0 Å². The van der Waals surface area contributed by atoms with Crippen molar-refractivity contribution in [3.8, 4) is 11.5 Å². The predicted molar refractivity (Wildman–Crippen MR) is 108 cm³/mol. The second-order valence-corrected chi connectivity index (χ2v) is 6.94. The van der Waals surface area contributed by atoms with E-state index < -0.39 is 11.6 Å². The molecular weight excluding hydrogens is 372 g/mol. The number of esters is 1. The van der Waals surface area contributed by atoms with Gasteiger partial charge in [0.25, 0.3) is 0 Å². The zero-order chi connectivity index (χ0) is 20.7. The Morgan fingerprint density at radius 2 is 1.66 bits per heavy atom. The predicted octanol–water partition coefficient (Wildman–Crippen LogP) is 4.33. The number of hydrogen-bond donors (Lipinski definition) is 2. The van der Waals surface area contributed by atoms with E-state index in [1.54, 1.807) is 30.3 Å². The Kier molecular flexibility index (Phi) is 4.47. The summed E-state index contributed by atoms with van der Waals surface area (Å²) in [7, 11) is 0. The molecule has 3 aromatic carbocycles. The lowest BCUT2D eigenvalue weighted by molar-refractivity contribution is 0.0470. The summed E-state index contributed by atoms with van der Waals surface area (Å²) in [6, 6.07) is 12.7. The van der Waals surface area contributed by atoms with Gasteiger partial charge in [0.1, 0.15) is 29.3 Å². The van der Waals surface area contributed by atoms with Crippen LogP contribution in [0.5, 0.6) is 11.5 Å². The summed E-state index contributed by atoms with van der Waals surface area (Å²) in [5, 5.41) is 22.1. The van der Waals surface area contributed by atoms with Crippen LogP contribution in [0.3, 0.4) is 0 Å². The quantitative estimate of drug-likeness (QED) is 0.307. The van der Waals surface area contributed by atoms with E-state index in [1.165, 1.54) is 12.1 Å². The van der Waals surface area contributed by atoms with E-state index in [0.717, 1.165) is 11.1 Å². The average molecular weight is 390 g/mol. The van der Waals surface area contributed by atoms with Gasteiger partial charge in [0.15, 0.2) is 0 Å². The van der Waals surface area contributed by atoms with Crippen LogP contribution < -0.4 is 5.63 Å². The Morgan fingerprint density at radius 3 is 2.41 bits per heavy atom. The van der Waals surface area contributed by atoms with Gasteiger partial charge in [0.2, 0.25) is 0 Å². The van der Waals surface area contributed by atoms with E-state index in [4.69, 9.17) is 9.15 Å². The van der Waals surface area contributed by atoms with Crippen molar-refractivity contribution in [1.82, 2.24) is 0 Å². The molecule has 0 bridgehead atoms. The minimum Gasteiger partial charge on any atom is -0.507 e. The average Bonchev–Trinajstić information content (AvgIpc) is 2.70. The van der Waals surface area contributed by atoms with Gasteiger partial charge in [0.05, 0.1) is 0 Å². The standard InChI is InChI=1S/C23H18O6/c1-12-7-17-14(9-21(25)29-20(17)8-13(12)2)11-28-23(27)18-10-19(24)15-5-3-4-6-16(15)22(18)26/h3-10,24,26H,11H2,1-2H3. The number of fused-ring (bicyclic) bond motifs is 2. The molecule has 0 atom stereocenters. The van der Waals surface area contributed by atoms with Gasteiger partial charge >= 0.3 is 11.6 Å². The number of phenolic OH excluding ortho intramolecular Hbond substituents is 2. The van der Waals surface area contributed by atoms with Gasteiger partial charge in [-0.05, 0) is 43.2 Å². The van der Waals surface area contributed by atoms with Crippen LogP contribution in [0.2, 0.25) is 0 Å². The van der Waals surface area contributed by atoms with Crippen LogP contribution in [-0.4, -0.2) is 16.2 Å². The molecule has 4 aromatic rings. The molecule has 0 saturated carbocycles. The molecule has 0 aliphatic rings. The van der Waals surface area contributed by atoms with E-state index in [9.17, 15) is 19.8 Å². The highest BCUT2D eigenvalue weighted by atomic mass is 16.5. The molecule has 0 aliphatic carbocycles. The van der Waals surface area contributed by atoms with Crippen molar-refractivity contribution in [2.75, 3.05) is 0 Å². The van der Waals surface area contributed by atoms with Crippen LogP contribution in [0.1, 0.15) is 27.0 Å². The second kappa shape index (κ2) is 6.98. The van der Waals surface area contributed by atoms with Crippen LogP contribution in [0.4, 0.5) is 0 Å². The lowest BCUT2D eigenvalue weighted by atomic mass is 10.0. The summed E-state index contributed by atoms with van der Waals surface area (Å²) in [5.74, 6) is -1.22. The fourth-order valence-electron chi connectivity index (χ4n) is 3.32. The summed E-state index contributed by atoms with van der Waals surface area (Å²) in [5.41, 5.74) is 2.20. The maximum Gasteiger partial charge on any atom is 0.342 e. The maximum atomic E-state index is 12.6. The molecule has 6 heteroatoms. The van der Waals surface area contributed by atoms with E-state index in [2.05, 4.69) is 0 Å². The number of carbonyl (C=O) groups is 1. The molecule has 0 fully saturated rings. The number of carbonyl (C=O) groups excluding carboxylic acids is 1. The molecule has 6 nitrogen and oxygen atoms in total. The number of aromatic hydroxyl groups is 2. The first-order valence-corrected chi connectivity index (χ1v) is 9.00. The Morgan fingerprint density at radius 1 is 0.966 bits per heavy atom. The zero-order valence-electron chi connectivity index (χ0n) is 15.9. The molecule has 146 valence electrons. The largest absolute Gasteiger partial charge is 0.507 e. The molecule has 0 aliphatic heterocycles. The van der Waals surface area contributed by atoms with Crippen molar-refractivity contribution in [3.05, 3.63) is 81.2 Å². The van der Waals surface area contributed by atoms with Gasteiger partial charge in [-0.25, -0.2) is 9.59 Å². The van der Waals surface area contributed by atoms with E-state index >= 15 is 0 Å². The normalized spacial score (nSPS) is 11.1. The molecule has 4 rings (SSSR count). The van der Waals surface area contributed by atoms with Crippen LogP contribution in [0, 0.1) is 13.8 Å². The number of aryl methyl sites for hydroxylation is 2. The highest BCUT2D eigenvalue weighted by molar-refractivity contribution is 6.03. The lowest BCUT2D eigenvalue weighted by Crippen LogP contribution is -2.08. The van der Waals surface area contributed by atoms with E-state index in [-0.39, 0.29) is 23.7 Å². The Labute approximate surface area is 165 Å². The zero-order valence-corrected chi connectivity index (χ0v) is 15.9. The van der Waals surface area contributed by atoms with E-state index in [0.29, 0.717) is 27.3 Å². The Bertz CT molecular complexity index is 1330. The highest BCUT2D eigenvalue weighted by Gasteiger charge is 2.19. The molecule has 1 heterocycles. The third kappa shape index (κ3) is 3.29. The second-order valence-electron chi connectivity index (χ2n) is 6.94. The molecule has 0 radical (unpaired) electrons. The topological polar surface area (TPSA) is 97.0 Å². The van der Waals surface area contributed by atoms with Crippen molar-refractivity contribution in [2.45, 2.75) is 20.5 Å². The van der Waals surface area contributed by atoms with Gasteiger partial charge in [-0.3, -0.25) is 0 Å². The molecule has 0 saturated heterocycles. The molecule has 0 spiro atoms. The summed E-state index contributed by atoms with van der Waals surface area (Å²) in [6.07, 6.45) is 0. The fourth-order valence-corrected chi connectivity index (χ4v) is 3.32. The Balaban J connectivity index is 1.69. The van der Waals surface area contributed by atoms with Crippen molar-refractivity contribution in [2.24, 2.45) is 0 Å². The fraction of sp³-hybridized carbons (Fsp3) is 0.130. The van der Waals surface area contributed by atoms with Crippen molar-refractivity contribution >= 4 is 27.7 Å². The van der Waals surface area contributed by atoms with Crippen LogP contribution in [0.15, 0.2) is 57.7 Å². The number of ether oxygens (including phenoxy) is 1. The smallest absolute Gasteiger partial charge is 0.342 e. The van der Waals surface area contributed by atoms with Gasteiger partial charge in [-0.1, -0.05) is 24.3 Å².